The van der Waals surface area contributed by atoms with E-state index < -0.39 is 11.0 Å². The maximum Gasteiger partial charge on any atom is 0.316 e. The third-order valence-corrected chi connectivity index (χ3v) is 1.66. The van der Waals surface area contributed by atoms with Crippen molar-refractivity contribution in [3.05, 3.63) is 0 Å². The zero-order valence-corrected chi connectivity index (χ0v) is 9.72. The molecule has 5 heteroatoms. The molecule has 0 aliphatic rings. The molecule has 0 atom stereocenters. The van der Waals surface area contributed by atoms with Gasteiger partial charge in [-0.25, -0.2) is 0 Å². The first kappa shape index (κ1) is 13.2. The zero-order valence-electron chi connectivity index (χ0n) is 8.96. The minimum atomic E-state index is -0.575. The molecule has 82 valence electrons. The van der Waals surface area contributed by atoms with Crippen LogP contribution in [0.1, 0.15) is 27.2 Å². The van der Waals surface area contributed by atoms with Crippen LogP contribution in [0.25, 0.3) is 0 Å². The van der Waals surface area contributed by atoms with Crippen molar-refractivity contribution in [1.29, 1.82) is 0 Å². The number of nitrogens with zero attached hydrogens (tertiary/aromatic N) is 1. The number of rotatable bonds is 3. The Morgan fingerprint density at radius 2 is 1.86 bits per heavy atom. The van der Waals surface area contributed by atoms with Crippen LogP contribution in [0.15, 0.2) is 0 Å². The van der Waals surface area contributed by atoms with Crippen LogP contribution in [-0.2, 0) is 9.53 Å². The number of carbonyl (C=O) groups is 2. The van der Waals surface area contributed by atoms with Crippen LogP contribution in [0.4, 0.5) is 4.79 Å². The van der Waals surface area contributed by atoms with Gasteiger partial charge in [-0.15, -0.1) is 0 Å². The van der Waals surface area contributed by atoms with E-state index in [1.54, 1.807) is 20.8 Å². The summed E-state index contributed by atoms with van der Waals surface area (Å²) >= 11 is 5.18. The number of carbonyl (C=O) groups excluding carboxylic acids is 2. The molecule has 0 bridgehead atoms. The summed E-state index contributed by atoms with van der Waals surface area (Å²) in [6.07, 6.45) is 0.159. The standard InChI is InChI=1S/C9H16ClNO3/c1-9(2,3)14-7(12)5-6-11(4)8(10)13/h5-6H2,1-4H3. The van der Waals surface area contributed by atoms with Gasteiger partial charge in [0.25, 0.3) is 0 Å². The summed E-state index contributed by atoms with van der Waals surface area (Å²) in [5.74, 6) is -0.331. The van der Waals surface area contributed by atoms with Crippen molar-refractivity contribution in [2.24, 2.45) is 0 Å². The fourth-order valence-electron chi connectivity index (χ4n) is 0.739. The highest BCUT2D eigenvalue weighted by molar-refractivity contribution is 6.62. The number of amides is 1. The molecule has 0 rings (SSSR count). The Morgan fingerprint density at radius 3 is 2.21 bits per heavy atom. The van der Waals surface area contributed by atoms with E-state index in [1.807, 2.05) is 0 Å². The molecular weight excluding hydrogens is 206 g/mol. The first-order valence-corrected chi connectivity index (χ1v) is 4.72. The lowest BCUT2D eigenvalue weighted by atomic mass is 10.2. The number of hydrogen-bond acceptors (Lipinski definition) is 3. The Kier molecular flexibility index (Phi) is 4.91. The second kappa shape index (κ2) is 5.20. The van der Waals surface area contributed by atoms with Crippen molar-refractivity contribution in [3.8, 4) is 0 Å². The van der Waals surface area contributed by atoms with Gasteiger partial charge in [0.2, 0.25) is 0 Å². The SMILES string of the molecule is CN(CCC(=O)OC(C)(C)C)C(=O)Cl. The second-order valence-corrected chi connectivity index (χ2v) is 4.33. The van der Waals surface area contributed by atoms with Crippen molar-refractivity contribution in [2.45, 2.75) is 32.8 Å². The minimum absolute atomic E-state index is 0.159. The molecule has 0 aliphatic heterocycles. The Morgan fingerprint density at radius 1 is 1.36 bits per heavy atom. The van der Waals surface area contributed by atoms with E-state index in [0.29, 0.717) is 0 Å². The zero-order chi connectivity index (χ0) is 11.4. The normalized spacial score (nSPS) is 10.9. The highest BCUT2D eigenvalue weighted by Crippen LogP contribution is 2.08. The van der Waals surface area contributed by atoms with Crippen LogP contribution in [0, 0.1) is 0 Å². The van der Waals surface area contributed by atoms with Crippen LogP contribution in [0.3, 0.4) is 0 Å². The average molecular weight is 222 g/mol. The van der Waals surface area contributed by atoms with E-state index in [-0.39, 0.29) is 18.9 Å². The van der Waals surface area contributed by atoms with E-state index in [1.165, 1.54) is 11.9 Å². The van der Waals surface area contributed by atoms with E-state index >= 15 is 0 Å². The van der Waals surface area contributed by atoms with Gasteiger partial charge in [-0.3, -0.25) is 9.59 Å². The minimum Gasteiger partial charge on any atom is -0.460 e. The van der Waals surface area contributed by atoms with Crippen molar-refractivity contribution in [2.75, 3.05) is 13.6 Å². The van der Waals surface area contributed by atoms with Gasteiger partial charge in [0.05, 0.1) is 6.42 Å². The molecule has 0 N–H and O–H groups in total. The van der Waals surface area contributed by atoms with Crippen LogP contribution in [0.5, 0.6) is 0 Å². The van der Waals surface area contributed by atoms with Gasteiger partial charge in [-0.2, -0.15) is 0 Å². The molecular formula is C9H16ClNO3. The molecule has 0 heterocycles. The number of ether oxygens (including phenoxy) is 1. The van der Waals surface area contributed by atoms with E-state index in [9.17, 15) is 9.59 Å². The van der Waals surface area contributed by atoms with Gasteiger partial charge in [0.15, 0.2) is 0 Å². The molecule has 0 aromatic carbocycles. The fourth-order valence-corrected chi connectivity index (χ4v) is 0.824. The number of halogens is 1. The van der Waals surface area contributed by atoms with Gasteiger partial charge in [0.1, 0.15) is 5.60 Å². The molecule has 14 heavy (non-hydrogen) atoms. The predicted molar refractivity (Wildman–Crippen MR) is 54.3 cm³/mol. The summed E-state index contributed by atoms with van der Waals surface area (Å²) in [6, 6.07) is 0. The molecule has 1 amide bonds. The smallest absolute Gasteiger partial charge is 0.316 e. The van der Waals surface area contributed by atoms with Crippen molar-refractivity contribution >= 4 is 22.9 Å². The quantitative estimate of drug-likeness (QED) is 0.416. The van der Waals surface area contributed by atoms with Gasteiger partial charge < -0.3 is 9.64 Å². The highest BCUT2D eigenvalue weighted by Gasteiger charge is 2.16. The summed E-state index contributed by atoms with van der Waals surface area (Å²) in [4.78, 5) is 23.0. The Bertz CT molecular complexity index is 223. The molecule has 0 saturated carbocycles. The third kappa shape index (κ3) is 6.71. The Hall–Kier alpha value is -0.770. The van der Waals surface area contributed by atoms with E-state index in [0.717, 1.165) is 0 Å². The molecule has 0 aromatic rings. The molecule has 4 nitrogen and oxygen atoms in total. The summed E-state index contributed by atoms with van der Waals surface area (Å²) in [5.41, 5.74) is -0.485. The second-order valence-electron chi connectivity index (χ2n) is 4.01. The molecule has 0 aliphatic carbocycles. The Labute approximate surface area is 89.2 Å². The van der Waals surface area contributed by atoms with Crippen molar-refractivity contribution in [3.63, 3.8) is 0 Å². The molecule has 0 aromatic heterocycles. The fraction of sp³-hybridized carbons (Fsp3) is 0.778. The van der Waals surface area contributed by atoms with Gasteiger partial charge in [0, 0.05) is 13.6 Å². The predicted octanol–water partition coefficient (Wildman–Crippen LogP) is 2.01. The van der Waals surface area contributed by atoms with E-state index in [4.69, 9.17) is 16.3 Å². The van der Waals surface area contributed by atoms with Crippen LogP contribution >= 0.6 is 11.6 Å². The van der Waals surface area contributed by atoms with Crippen molar-refractivity contribution in [1.82, 2.24) is 4.90 Å². The van der Waals surface area contributed by atoms with Crippen molar-refractivity contribution < 1.29 is 14.3 Å². The monoisotopic (exact) mass is 221 g/mol. The highest BCUT2D eigenvalue weighted by atomic mass is 35.5. The molecule has 0 unspecified atom stereocenters. The molecule has 0 spiro atoms. The summed E-state index contributed by atoms with van der Waals surface area (Å²) in [6.45, 7) is 5.65. The first-order chi connectivity index (χ1) is 6.22. The first-order valence-electron chi connectivity index (χ1n) is 4.35. The average Bonchev–Trinajstić information content (AvgIpc) is 1.96. The van der Waals surface area contributed by atoms with Crippen LogP contribution in [0.2, 0.25) is 0 Å². The summed E-state index contributed by atoms with van der Waals surface area (Å²) in [5, 5.41) is -0.575. The maximum atomic E-state index is 11.2. The number of hydrogen-bond donors (Lipinski definition) is 0. The maximum absolute atomic E-state index is 11.2. The van der Waals surface area contributed by atoms with Crippen LogP contribution in [-0.4, -0.2) is 35.4 Å². The van der Waals surface area contributed by atoms with Gasteiger partial charge in [-0.1, -0.05) is 0 Å². The number of esters is 1. The molecule has 0 fully saturated rings. The Balaban J connectivity index is 3.81. The summed E-state index contributed by atoms with van der Waals surface area (Å²) < 4.78 is 5.05. The largest absolute Gasteiger partial charge is 0.460 e. The van der Waals surface area contributed by atoms with E-state index in [2.05, 4.69) is 0 Å². The topological polar surface area (TPSA) is 46.6 Å². The lowest BCUT2D eigenvalue weighted by molar-refractivity contribution is -0.154. The summed E-state index contributed by atoms with van der Waals surface area (Å²) in [7, 11) is 1.53. The van der Waals surface area contributed by atoms with Crippen LogP contribution < -0.4 is 0 Å². The lowest BCUT2D eigenvalue weighted by Gasteiger charge is -2.20. The lowest BCUT2D eigenvalue weighted by Crippen LogP contribution is -2.28. The third-order valence-electron chi connectivity index (χ3n) is 1.37. The van der Waals surface area contributed by atoms with Gasteiger partial charge >= 0.3 is 11.3 Å². The van der Waals surface area contributed by atoms with Gasteiger partial charge in [-0.05, 0) is 32.4 Å². The molecule has 0 saturated heterocycles. The molecule has 0 radical (unpaired) electrons.